The summed E-state index contributed by atoms with van der Waals surface area (Å²) < 4.78 is 27.9. The number of nitrogens with zero attached hydrogens (tertiary/aromatic N) is 3. The van der Waals surface area contributed by atoms with E-state index in [0.717, 1.165) is 4.31 Å². The third kappa shape index (κ3) is 2.25. The second-order valence-electron chi connectivity index (χ2n) is 5.40. The van der Waals surface area contributed by atoms with Gasteiger partial charge in [-0.2, -0.15) is 8.42 Å². The second-order valence-corrected chi connectivity index (χ2v) is 8.41. The summed E-state index contributed by atoms with van der Waals surface area (Å²) in [4.78, 5) is 16.6. The van der Waals surface area contributed by atoms with Gasteiger partial charge < -0.3 is 0 Å². The zero-order chi connectivity index (χ0) is 15.4. The van der Waals surface area contributed by atoms with E-state index in [4.69, 9.17) is 11.6 Å². The fourth-order valence-corrected chi connectivity index (χ4v) is 5.34. The van der Waals surface area contributed by atoms with Crippen LogP contribution in [0.25, 0.3) is 4.96 Å². The molecule has 0 bridgehead atoms. The van der Waals surface area contributed by atoms with Crippen molar-refractivity contribution in [2.24, 2.45) is 11.8 Å². The van der Waals surface area contributed by atoms with Gasteiger partial charge in [-0.15, -0.1) is 11.3 Å². The number of hydrogen-bond donors (Lipinski definition) is 0. The van der Waals surface area contributed by atoms with Gasteiger partial charge in [-0.05, 0) is 11.8 Å². The maximum atomic E-state index is 12.8. The first-order chi connectivity index (χ1) is 9.82. The number of sulfonamides is 1. The number of halogens is 1. The van der Waals surface area contributed by atoms with E-state index in [-0.39, 0.29) is 40.9 Å². The molecule has 0 N–H and O–H groups in total. The molecule has 0 aromatic carbocycles. The highest BCUT2D eigenvalue weighted by atomic mass is 35.5. The predicted octanol–water partition coefficient (Wildman–Crippen LogP) is 2.24. The summed E-state index contributed by atoms with van der Waals surface area (Å²) in [5.74, 6) is -0.0943. The van der Waals surface area contributed by atoms with Crippen molar-refractivity contribution in [3.63, 3.8) is 0 Å². The molecule has 1 saturated heterocycles. The summed E-state index contributed by atoms with van der Waals surface area (Å²) in [5, 5.41) is 1.50. The number of thiazole rings is 1. The molecule has 3 rings (SSSR count). The molecule has 1 unspecified atom stereocenters. The van der Waals surface area contributed by atoms with Crippen LogP contribution in [-0.2, 0) is 14.8 Å². The van der Waals surface area contributed by atoms with E-state index in [1.165, 1.54) is 15.7 Å². The Hall–Kier alpha value is -1.12. The average molecular weight is 348 g/mol. The fourth-order valence-electron chi connectivity index (χ4n) is 2.46. The Kier molecular flexibility index (Phi) is 3.50. The first-order valence-electron chi connectivity index (χ1n) is 6.49. The van der Waals surface area contributed by atoms with Gasteiger partial charge in [0.25, 0.3) is 10.0 Å². The number of carbonyl (C=O) groups is 1. The van der Waals surface area contributed by atoms with Crippen LogP contribution >= 0.6 is 22.9 Å². The Morgan fingerprint density at radius 3 is 2.81 bits per heavy atom. The number of hydrogen-bond acceptors (Lipinski definition) is 5. The van der Waals surface area contributed by atoms with E-state index < -0.39 is 10.0 Å². The van der Waals surface area contributed by atoms with Gasteiger partial charge in [0.2, 0.25) is 5.91 Å². The van der Waals surface area contributed by atoms with Crippen LogP contribution in [0.5, 0.6) is 0 Å². The molecule has 1 amide bonds. The average Bonchev–Trinajstić information content (AvgIpc) is 3.02. The lowest BCUT2D eigenvalue weighted by Gasteiger charge is -2.17. The van der Waals surface area contributed by atoms with E-state index in [0.29, 0.717) is 4.96 Å². The Morgan fingerprint density at radius 1 is 1.48 bits per heavy atom. The zero-order valence-electron chi connectivity index (χ0n) is 11.5. The minimum atomic E-state index is -3.98. The number of carbonyl (C=O) groups excluding carboxylic acids is 1. The molecule has 1 aliphatic heterocycles. The first kappa shape index (κ1) is 14.8. The van der Waals surface area contributed by atoms with E-state index in [1.807, 2.05) is 13.8 Å². The summed E-state index contributed by atoms with van der Waals surface area (Å²) in [6, 6.07) is 0. The monoisotopic (exact) mass is 347 g/mol. The highest BCUT2D eigenvalue weighted by Crippen LogP contribution is 2.33. The van der Waals surface area contributed by atoms with Gasteiger partial charge in [0.1, 0.15) is 0 Å². The smallest absolute Gasteiger partial charge is 0.278 e. The van der Waals surface area contributed by atoms with Crippen molar-refractivity contribution in [3.8, 4) is 0 Å². The minimum Gasteiger partial charge on any atom is -0.278 e. The van der Waals surface area contributed by atoms with E-state index in [1.54, 1.807) is 11.6 Å². The molecule has 2 aromatic heterocycles. The van der Waals surface area contributed by atoms with Crippen LogP contribution in [0.15, 0.2) is 16.6 Å². The summed E-state index contributed by atoms with van der Waals surface area (Å²) in [7, 11) is -3.98. The number of aromatic nitrogens is 2. The van der Waals surface area contributed by atoms with Crippen molar-refractivity contribution in [1.29, 1.82) is 0 Å². The third-order valence-corrected chi connectivity index (χ3v) is 6.72. The van der Waals surface area contributed by atoms with Crippen molar-refractivity contribution in [2.75, 3.05) is 6.54 Å². The van der Waals surface area contributed by atoms with Gasteiger partial charge in [-0.25, -0.2) is 9.29 Å². The molecule has 1 atom stereocenters. The van der Waals surface area contributed by atoms with E-state index >= 15 is 0 Å². The number of fused-ring (bicyclic) bond motifs is 1. The van der Waals surface area contributed by atoms with Crippen molar-refractivity contribution in [3.05, 3.63) is 16.7 Å². The maximum absolute atomic E-state index is 12.8. The van der Waals surface area contributed by atoms with E-state index in [2.05, 4.69) is 4.98 Å². The molecule has 1 aliphatic rings. The summed E-state index contributed by atoms with van der Waals surface area (Å²) in [6.45, 7) is 4.17. The molecule has 9 heteroatoms. The molecule has 2 aromatic rings. The van der Waals surface area contributed by atoms with Gasteiger partial charge in [0, 0.05) is 24.5 Å². The second kappa shape index (κ2) is 4.96. The maximum Gasteiger partial charge on any atom is 0.285 e. The minimum absolute atomic E-state index is 0.0388. The van der Waals surface area contributed by atoms with Crippen molar-refractivity contribution < 1.29 is 13.2 Å². The standard InChI is InChI=1S/C12H14ClN3O3S2/c1-7(2)8-5-9(17)16(6-8)21(18,19)11-10(13)14-12-15(11)3-4-20-12/h3-4,7-8H,5-6H2,1-2H3. The van der Waals surface area contributed by atoms with Crippen LogP contribution in [-0.4, -0.2) is 34.6 Å². The number of rotatable bonds is 3. The molecule has 1 fully saturated rings. The highest BCUT2D eigenvalue weighted by Gasteiger charge is 2.41. The van der Waals surface area contributed by atoms with Gasteiger partial charge in [-0.3, -0.25) is 9.20 Å². The number of imidazole rings is 1. The van der Waals surface area contributed by atoms with Gasteiger partial charge in [-0.1, -0.05) is 25.4 Å². The molecule has 3 heterocycles. The van der Waals surface area contributed by atoms with Gasteiger partial charge >= 0.3 is 0 Å². The molecule has 114 valence electrons. The normalized spacial score (nSPS) is 20.1. The van der Waals surface area contributed by atoms with Crippen molar-refractivity contribution in [1.82, 2.24) is 13.7 Å². The Bertz CT molecular complexity index is 809. The highest BCUT2D eigenvalue weighted by molar-refractivity contribution is 7.89. The lowest BCUT2D eigenvalue weighted by Crippen LogP contribution is -2.33. The fraction of sp³-hybridized carbons (Fsp3) is 0.500. The lowest BCUT2D eigenvalue weighted by molar-refractivity contribution is -0.123. The van der Waals surface area contributed by atoms with E-state index in [9.17, 15) is 13.2 Å². The molecule has 0 saturated carbocycles. The van der Waals surface area contributed by atoms with Gasteiger partial charge in [0.15, 0.2) is 15.1 Å². The van der Waals surface area contributed by atoms with Gasteiger partial charge in [0.05, 0.1) is 0 Å². The van der Waals surface area contributed by atoms with Crippen LogP contribution in [0, 0.1) is 11.8 Å². The van der Waals surface area contributed by atoms with Crippen LogP contribution in [0.1, 0.15) is 20.3 Å². The van der Waals surface area contributed by atoms with Crippen LogP contribution in [0.3, 0.4) is 0 Å². The summed E-state index contributed by atoms with van der Waals surface area (Å²) >= 11 is 7.26. The lowest BCUT2D eigenvalue weighted by atomic mass is 9.95. The molecule has 0 spiro atoms. The van der Waals surface area contributed by atoms with Crippen LogP contribution < -0.4 is 0 Å². The molecular formula is C12H14ClN3O3S2. The Morgan fingerprint density at radius 2 is 2.19 bits per heavy atom. The topological polar surface area (TPSA) is 71.8 Å². The SMILES string of the molecule is CC(C)C1CC(=O)N(S(=O)(=O)c2c(Cl)nc3sccn23)C1. The molecule has 0 aliphatic carbocycles. The zero-order valence-corrected chi connectivity index (χ0v) is 13.9. The largest absolute Gasteiger partial charge is 0.285 e. The number of amides is 1. The van der Waals surface area contributed by atoms with Crippen molar-refractivity contribution >= 4 is 43.8 Å². The molecular weight excluding hydrogens is 334 g/mol. The Labute approximate surface area is 131 Å². The van der Waals surface area contributed by atoms with Crippen LogP contribution in [0.4, 0.5) is 0 Å². The Balaban J connectivity index is 2.07. The molecule has 6 nitrogen and oxygen atoms in total. The van der Waals surface area contributed by atoms with Crippen LogP contribution in [0.2, 0.25) is 5.15 Å². The summed E-state index contributed by atoms with van der Waals surface area (Å²) in [6.07, 6.45) is 1.84. The molecule has 21 heavy (non-hydrogen) atoms. The predicted molar refractivity (Wildman–Crippen MR) is 79.9 cm³/mol. The molecule has 0 radical (unpaired) electrons. The summed E-state index contributed by atoms with van der Waals surface area (Å²) in [5.41, 5.74) is 0. The quantitative estimate of drug-likeness (QED) is 0.853. The third-order valence-electron chi connectivity index (χ3n) is 3.77. The first-order valence-corrected chi connectivity index (χ1v) is 9.18. The van der Waals surface area contributed by atoms with Crippen molar-refractivity contribution in [2.45, 2.75) is 25.3 Å².